The number of hydrogen-bond acceptors (Lipinski definition) is 1. The lowest BCUT2D eigenvalue weighted by Gasteiger charge is -2.12. The Balaban J connectivity index is 2.10. The Labute approximate surface area is 150 Å². The van der Waals surface area contributed by atoms with Crippen LogP contribution in [0.15, 0.2) is 55.1 Å². The van der Waals surface area contributed by atoms with Gasteiger partial charge in [-0.1, -0.05) is 62.4 Å². The molecule has 0 unspecified atom stereocenters. The molecule has 0 radical (unpaired) electrons. The summed E-state index contributed by atoms with van der Waals surface area (Å²) in [5.41, 5.74) is 2.01. The third-order valence-electron chi connectivity index (χ3n) is 4.25. The Bertz CT molecular complexity index is 946. The van der Waals surface area contributed by atoms with E-state index in [1.807, 2.05) is 12.1 Å². The summed E-state index contributed by atoms with van der Waals surface area (Å²) in [6.45, 7) is 5.58. The minimum absolute atomic E-state index is 0.0343. The molecule has 0 aromatic heterocycles. The van der Waals surface area contributed by atoms with Gasteiger partial charge in [-0.2, -0.15) is 4.39 Å². The summed E-state index contributed by atoms with van der Waals surface area (Å²) in [6, 6.07) is 11.9. The first-order valence-corrected chi connectivity index (χ1v) is 8.50. The molecular weight excluding hydrogens is 337 g/mol. The zero-order chi connectivity index (χ0) is 18.7. The van der Waals surface area contributed by atoms with Gasteiger partial charge in [-0.05, 0) is 29.0 Å². The highest BCUT2D eigenvalue weighted by Gasteiger charge is 2.20. The Kier molecular flexibility index (Phi) is 5.31. The van der Waals surface area contributed by atoms with Crippen LogP contribution in [0.4, 0.5) is 13.2 Å². The average Bonchev–Trinajstić information content (AvgIpc) is 2.64. The van der Waals surface area contributed by atoms with Crippen LogP contribution in [0, 0.1) is 17.5 Å². The summed E-state index contributed by atoms with van der Waals surface area (Å²) in [5, 5.41) is -0.129. The molecule has 0 aliphatic heterocycles. The van der Waals surface area contributed by atoms with Crippen molar-refractivity contribution in [2.24, 2.45) is 0 Å². The van der Waals surface area contributed by atoms with Crippen LogP contribution in [0.5, 0.6) is 5.75 Å². The second kappa shape index (κ2) is 7.65. The van der Waals surface area contributed by atoms with Gasteiger partial charge in [-0.25, -0.2) is 8.78 Å². The lowest BCUT2D eigenvalue weighted by atomic mass is 9.98. The summed E-state index contributed by atoms with van der Waals surface area (Å²) >= 11 is 0. The number of fused-ring (bicyclic) bond motifs is 1. The van der Waals surface area contributed by atoms with Crippen LogP contribution in [-0.2, 0) is 6.42 Å². The quantitative estimate of drug-likeness (QED) is 0.462. The number of benzene rings is 3. The van der Waals surface area contributed by atoms with Crippen LogP contribution in [0.25, 0.3) is 21.9 Å². The fourth-order valence-electron chi connectivity index (χ4n) is 2.97. The molecular formula is C22H19F3O. The highest BCUT2D eigenvalue weighted by molar-refractivity contribution is 5.90. The van der Waals surface area contributed by atoms with Crippen molar-refractivity contribution >= 4 is 10.8 Å². The monoisotopic (exact) mass is 356 g/mol. The molecule has 0 saturated carbocycles. The van der Waals surface area contributed by atoms with Crippen LogP contribution in [0.2, 0.25) is 0 Å². The largest absolute Gasteiger partial charge is 0.486 e. The predicted molar refractivity (Wildman–Crippen MR) is 98.9 cm³/mol. The Hall–Kier alpha value is -2.75. The van der Waals surface area contributed by atoms with Crippen LogP contribution in [0.3, 0.4) is 0 Å². The van der Waals surface area contributed by atoms with E-state index in [-0.39, 0.29) is 28.7 Å². The highest BCUT2D eigenvalue weighted by Crippen LogP contribution is 2.35. The fraction of sp³-hybridized carbons (Fsp3) is 0.182. The van der Waals surface area contributed by atoms with E-state index < -0.39 is 17.5 Å². The third-order valence-corrected chi connectivity index (χ3v) is 4.25. The zero-order valence-electron chi connectivity index (χ0n) is 14.5. The van der Waals surface area contributed by atoms with E-state index in [0.717, 1.165) is 18.4 Å². The van der Waals surface area contributed by atoms with Crippen molar-refractivity contribution in [1.82, 2.24) is 0 Å². The molecule has 0 aliphatic rings. The zero-order valence-corrected chi connectivity index (χ0v) is 14.5. The lowest BCUT2D eigenvalue weighted by molar-refractivity contribution is 0.334. The Morgan fingerprint density at radius 1 is 0.962 bits per heavy atom. The molecule has 0 fully saturated rings. The first kappa shape index (κ1) is 18.1. The molecule has 0 heterocycles. The molecule has 1 nitrogen and oxygen atoms in total. The molecule has 134 valence electrons. The molecule has 0 amide bonds. The highest BCUT2D eigenvalue weighted by atomic mass is 19.2. The maximum absolute atomic E-state index is 15.0. The minimum atomic E-state index is -1.25. The molecule has 0 aliphatic carbocycles. The summed E-state index contributed by atoms with van der Waals surface area (Å²) < 4.78 is 48.8. The van der Waals surface area contributed by atoms with Crippen molar-refractivity contribution in [3.8, 4) is 16.9 Å². The third kappa shape index (κ3) is 3.32. The average molecular weight is 356 g/mol. The van der Waals surface area contributed by atoms with Gasteiger partial charge >= 0.3 is 0 Å². The van der Waals surface area contributed by atoms with Gasteiger partial charge in [0.25, 0.3) is 0 Å². The van der Waals surface area contributed by atoms with Gasteiger partial charge in [0.05, 0.1) is 5.39 Å². The number of hydrogen-bond donors (Lipinski definition) is 0. The standard InChI is InChI=1S/C22H19F3O/c1-3-5-14-6-8-15(9-7-14)17-11-10-16-13-18(26-12-4-2)21(24)22(25)19(16)20(17)23/h4,6-11,13H,2-3,5,12H2,1H3. The van der Waals surface area contributed by atoms with E-state index >= 15 is 0 Å². The molecule has 3 aromatic rings. The van der Waals surface area contributed by atoms with E-state index in [1.165, 1.54) is 12.1 Å². The molecule has 26 heavy (non-hydrogen) atoms. The maximum atomic E-state index is 15.0. The number of halogens is 3. The van der Waals surface area contributed by atoms with Gasteiger partial charge in [0.15, 0.2) is 11.6 Å². The van der Waals surface area contributed by atoms with Crippen LogP contribution in [0.1, 0.15) is 18.9 Å². The summed E-state index contributed by atoms with van der Waals surface area (Å²) in [6.07, 6.45) is 3.38. The molecule has 3 aromatic carbocycles. The van der Waals surface area contributed by atoms with Crippen molar-refractivity contribution in [2.45, 2.75) is 19.8 Å². The lowest BCUT2D eigenvalue weighted by Crippen LogP contribution is -2.00. The predicted octanol–water partition coefficient (Wildman–Crippen LogP) is 6.44. The molecule has 4 heteroatoms. The van der Waals surface area contributed by atoms with E-state index in [4.69, 9.17) is 4.74 Å². The fourth-order valence-corrected chi connectivity index (χ4v) is 2.97. The van der Waals surface area contributed by atoms with Crippen LogP contribution < -0.4 is 4.74 Å². The van der Waals surface area contributed by atoms with E-state index in [9.17, 15) is 13.2 Å². The summed E-state index contributed by atoms with van der Waals surface area (Å²) in [5.74, 6) is -3.49. The molecule has 0 saturated heterocycles. The van der Waals surface area contributed by atoms with Crippen molar-refractivity contribution in [2.75, 3.05) is 6.61 Å². The Morgan fingerprint density at radius 3 is 2.35 bits per heavy atom. The smallest absolute Gasteiger partial charge is 0.201 e. The van der Waals surface area contributed by atoms with Gasteiger partial charge in [0.1, 0.15) is 12.4 Å². The molecule has 0 bridgehead atoms. The van der Waals surface area contributed by atoms with Crippen molar-refractivity contribution in [3.63, 3.8) is 0 Å². The van der Waals surface area contributed by atoms with E-state index in [0.29, 0.717) is 5.56 Å². The van der Waals surface area contributed by atoms with Gasteiger partial charge in [0.2, 0.25) is 5.82 Å². The van der Waals surface area contributed by atoms with Crippen molar-refractivity contribution in [3.05, 3.63) is 78.1 Å². The van der Waals surface area contributed by atoms with Crippen molar-refractivity contribution < 1.29 is 17.9 Å². The Morgan fingerprint density at radius 2 is 1.69 bits per heavy atom. The number of rotatable bonds is 6. The molecule has 3 rings (SSSR count). The second-order valence-corrected chi connectivity index (χ2v) is 6.07. The summed E-state index contributed by atoms with van der Waals surface area (Å²) in [4.78, 5) is 0. The number of aryl methyl sites for hydroxylation is 1. The van der Waals surface area contributed by atoms with E-state index in [1.54, 1.807) is 24.3 Å². The molecule has 0 spiro atoms. The normalized spacial score (nSPS) is 10.9. The van der Waals surface area contributed by atoms with Crippen LogP contribution in [-0.4, -0.2) is 6.61 Å². The first-order chi connectivity index (χ1) is 12.6. The first-order valence-electron chi connectivity index (χ1n) is 8.50. The van der Waals surface area contributed by atoms with E-state index in [2.05, 4.69) is 13.5 Å². The SMILES string of the molecule is C=CCOc1cc2ccc(-c3ccc(CCC)cc3)c(F)c2c(F)c1F. The van der Waals surface area contributed by atoms with Gasteiger partial charge < -0.3 is 4.74 Å². The number of ether oxygens (including phenoxy) is 1. The molecule has 0 N–H and O–H groups in total. The maximum Gasteiger partial charge on any atom is 0.201 e. The van der Waals surface area contributed by atoms with Gasteiger partial charge in [-0.3, -0.25) is 0 Å². The molecule has 0 atom stereocenters. The van der Waals surface area contributed by atoms with Crippen molar-refractivity contribution in [1.29, 1.82) is 0 Å². The second-order valence-electron chi connectivity index (χ2n) is 6.07. The van der Waals surface area contributed by atoms with Gasteiger partial charge in [-0.15, -0.1) is 0 Å². The minimum Gasteiger partial charge on any atom is -0.486 e. The van der Waals surface area contributed by atoms with Crippen LogP contribution >= 0.6 is 0 Å². The topological polar surface area (TPSA) is 9.23 Å². The van der Waals surface area contributed by atoms with Gasteiger partial charge in [0, 0.05) is 5.56 Å². The summed E-state index contributed by atoms with van der Waals surface area (Å²) in [7, 11) is 0.